The van der Waals surface area contributed by atoms with Crippen LogP contribution in [0.5, 0.6) is 11.6 Å². The van der Waals surface area contributed by atoms with Gasteiger partial charge in [-0.05, 0) is 36.8 Å². The molecule has 0 radical (unpaired) electrons. The number of rotatable bonds is 3. The fourth-order valence-electron chi connectivity index (χ4n) is 1.95. The Morgan fingerprint density at radius 1 is 1.21 bits per heavy atom. The summed E-state index contributed by atoms with van der Waals surface area (Å²) in [6, 6.07) is 8.89. The average Bonchev–Trinajstić information content (AvgIpc) is 3.02. The van der Waals surface area contributed by atoms with Crippen LogP contribution in [0.25, 0.3) is 0 Å². The predicted molar refractivity (Wildman–Crippen MR) is 84.8 cm³/mol. The van der Waals surface area contributed by atoms with Crippen molar-refractivity contribution in [2.24, 2.45) is 0 Å². The van der Waals surface area contributed by atoms with Crippen molar-refractivity contribution in [3.8, 4) is 23.5 Å². The SMILES string of the molecule is Cc1cncc(C#Cc2cccc(Oc3nn[nH]c3C(=O)O)c2)c1. The largest absolute Gasteiger partial charge is 0.476 e. The van der Waals surface area contributed by atoms with Gasteiger partial charge in [0.1, 0.15) is 5.75 Å². The number of nitrogens with one attached hydrogen (secondary N) is 1. The second-order valence-electron chi connectivity index (χ2n) is 4.93. The topological polar surface area (TPSA) is 101 Å². The zero-order valence-electron chi connectivity index (χ0n) is 12.6. The summed E-state index contributed by atoms with van der Waals surface area (Å²) in [5, 5.41) is 18.3. The van der Waals surface area contributed by atoms with Gasteiger partial charge in [-0.2, -0.15) is 0 Å². The van der Waals surface area contributed by atoms with E-state index in [4.69, 9.17) is 9.84 Å². The molecule has 0 unspecified atom stereocenters. The van der Waals surface area contributed by atoms with E-state index >= 15 is 0 Å². The minimum absolute atomic E-state index is 0.101. The lowest BCUT2D eigenvalue weighted by Crippen LogP contribution is -1.99. The van der Waals surface area contributed by atoms with Crippen LogP contribution in [-0.2, 0) is 0 Å². The van der Waals surface area contributed by atoms with Crippen LogP contribution in [0.3, 0.4) is 0 Å². The number of carboxylic acid groups (broad SMARTS) is 1. The Kier molecular flexibility index (Phi) is 4.21. The lowest BCUT2D eigenvalue weighted by molar-refractivity contribution is 0.0687. The van der Waals surface area contributed by atoms with E-state index < -0.39 is 5.97 Å². The van der Waals surface area contributed by atoms with E-state index in [-0.39, 0.29) is 11.6 Å². The zero-order chi connectivity index (χ0) is 16.9. The maximum absolute atomic E-state index is 11.0. The van der Waals surface area contributed by atoms with Gasteiger partial charge in [-0.1, -0.05) is 28.2 Å². The second-order valence-corrected chi connectivity index (χ2v) is 4.93. The molecular formula is C17H12N4O3. The monoisotopic (exact) mass is 320 g/mol. The molecular weight excluding hydrogens is 308 g/mol. The second kappa shape index (κ2) is 6.62. The van der Waals surface area contributed by atoms with Crippen LogP contribution < -0.4 is 4.74 Å². The van der Waals surface area contributed by atoms with Gasteiger partial charge in [0, 0.05) is 23.5 Å². The normalized spacial score (nSPS) is 9.88. The molecule has 0 saturated carbocycles. The number of H-pyrrole nitrogens is 1. The first-order valence-corrected chi connectivity index (χ1v) is 6.98. The summed E-state index contributed by atoms with van der Waals surface area (Å²) in [7, 11) is 0. The van der Waals surface area contributed by atoms with Crippen LogP contribution in [0.15, 0.2) is 42.7 Å². The third kappa shape index (κ3) is 3.56. The molecule has 0 amide bonds. The van der Waals surface area contributed by atoms with Crippen LogP contribution in [0, 0.1) is 18.8 Å². The number of benzene rings is 1. The summed E-state index contributed by atoms with van der Waals surface area (Å²) in [4.78, 5) is 15.1. The highest BCUT2D eigenvalue weighted by atomic mass is 16.5. The summed E-state index contributed by atoms with van der Waals surface area (Å²) in [6.07, 6.45) is 3.45. The lowest BCUT2D eigenvalue weighted by Gasteiger charge is -2.02. The average molecular weight is 320 g/mol. The van der Waals surface area contributed by atoms with Gasteiger partial charge >= 0.3 is 5.97 Å². The summed E-state index contributed by atoms with van der Waals surface area (Å²) in [5.41, 5.74) is 2.35. The van der Waals surface area contributed by atoms with Gasteiger partial charge in [-0.15, -0.1) is 0 Å². The van der Waals surface area contributed by atoms with E-state index in [1.165, 1.54) is 0 Å². The van der Waals surface area contributed by atoms with Crippen molar-refractivity contribution in [2.75, 3.05) is 0 Å². The molecule has 24 heavy (non-hydrogen) atoms. The number of aryl methyl sites for hydroxylation is 1. The molecule has 2 N–H and O–H groups in total. The molecule has 118 valence electrons. The van der Waals surface area contributed by atoms with Crippen molar-refractivity contribution in [1.29, 1.82) is 0 Å². The summed E-state index contributed by atoms with van der Waals surface area (Å²) >= 11 is 0. The van der Waals surface area contributed by atoms with Crippen LogP contribution in [-0.4, -0.2) is 31.5 Å². The molecule has 0 aliphatic carbocycles. The molecule has 0 saturated heterocycles. The van der Waals surface area contributed by atoms with E-state index in [1.54, 1.807) is 30.6 Å². The molecule has 0 fully saturated rings. The molecule has 0 aliphatic rings. The van der Waals surface area contributed by atoms with Crippen LogP contribution in [0.1, 0.15) is 27.2 Å². The summed E-state index contributed by atoms with van der Waals surface area (Å²) in [5.74, 6) is 5.16. The van der Waals surface area contributed by atoms with Gasteiger partial charge in [-0.3, -0.25) is 4.98 Å². The Bertz CT molecular complexity index is 953. The highest BCUT2D eigenvalue weighted by Gasteiger charge is 2.16. The van der Waals surface area contributed by atoms with E-state index in [0.717, 1.165) is 16.7 Å². The third-order valence-electron chi connectivity index (χ3n) is 3.01. The van der Waals surface area contributed by atoms with E-state index in [9.17, 15) is 4.79 Å². The molecule has 7 heteroatoms. The highest BCUT2D eigenvalue weighted by Crippen LogP contribution is 2.22. The first-order chi connectivity index (χ1) is 11.6. The number of hydrogen-bond donors (Lipinski definition) is 2. The molecule has 0 atom stereocenters. The number of aromatic amines is 1. The maximum atomic E-state index is 11.0. The molecule has 0 spiro atoms. The van der Waals surface area contributed by atoms with Crippen molar-refractivity contribution in [3.05, 3.63) is 65.1 Å². The number of nitrogens with zero attached hydrogens (tertiary/aromatic N) is 3. The smallest absolute Gasteiger partial charge is 0.359 e. The minimum atomic E-state index is -1.20. The van der Waals surface area contributed by atoms with Crippen LogP contribution >= 0.6 is 0 Å². The summed E-state index contributed by atoms with van der Waals surface area (Å²) < 4.78 is 5.46. The van der Waals surface area contributed by atoms with Gasteiger partial charge in [0.05, 0.1) is 0 Å². The van der Waals surface area contributed by atoms with E-state index in [2.05, 4.69) is 32.2 Å². The van der Waals surface area contributed by atoms with Crippen LogP contribution in [0.2, 0.25) is 0 Å². The molecule has 2 heterocycles. The van der Waals surface area contributed by atoms with Crippen LogP contribution in [0.4, 0.5) is 0 Å². The van der Waals surface area contributed by atoms with Crippen molar-refractivity contribution in [2.45, 2.75) is 6.92 Å². The number of carbonyl (C=O) groups is 1. The molecule has 2 aromatic heterocycles. The van der Waals surface area contributed by atoms with Gasteiger partial charge in [-0.25, -0.2) is 9.89 Å². The minimum Gasteiger partial charge on any atom is -0.476 e. The Balaban J connectivity index is 1.82. The Morgan fingerprint density at radius 2 is 2.04 bits per heavy atom. The number of hydrogen-bond acceptors (Lipinski definition) is 5. The van der Waals surface area contributed by atoms with Crippen molar-refractivity contribution >= 4 is 5.97 Å². The zero-order valence-corrected chi connectivity index (χ0v) is 12.6. The van der Waals surface area contributed by atoms with Crippen molar-refractivity contribution < 1.29 is 14.6 Å². The summed E-state index contributed by atoms with van der Waals surface area (Å²) in [6.45, 7) is 1.95. The number of ether oxygens (including phenoxy) is 1. The quantitative estimate of drug-likeness (QED) is 0.719. The number of aromatic nitrogens is 4. The molecule has 0 aliphatic heterocycles. The highest BCUT2D eigenvalue weighted by molar-refractivity contribution is 5.87. The fraction of sp³-hybridized carbons (Fsp3) is 0.0588. The van der Waals surface area contributed by atoms with E-state index in [0.29, 0.717) is 5.75 Å². The Hall–Kier alpha value is -3.66. The molecule has 1 aromatic carbocycles. The standard InChI is InChI=1S/C17H12N4O3/c1-11-7-13(10-18-9-11)6-5-12-3-2-4-14(8-12)24-16-15(17(22)23)19-21-20-16/h2-4,7-10H,1H3,(H,22,23)(H,19,20,21). The van der Waals surface area contributed by atoms with Crippen molar-refractivity contribution in [3.63, 3.8) is 0 Å². The van der Waals surface area contributed by atoms with E-state index in [1.807, 2.05) is 19.1 Å². The van der Waals surface area contributed by atoms with Gasteiger partial charge < -0.3 is 9.84 Å². The third-order valence-corrected chi connectivity index (χ3v) is 3.01. The Morgan fingerprint density at radius 3 is 2.83 bits per heavy atom. The first kappa shape index (κ1) is 15.2. The first-order valence-electron chi connectivity index (χ1n) is 6.98. The molecule has 0 bridgehead atoms. The number of carboxylic acids is 1. The number of aromatic carboxylic acids is 1. The fourth-order valence-corrected chi connectivity index (χ4v) is 1.95. The predicted octanol–water partition coefficient (Wildman–Crippen LogP) is 2.40. The van der Waals surface area contributed by atoms with Gasteiger partial charge in [0.25, 0.3) is 5.88 Å². The van der Waals surface area contributed by atoms with Gasteiger partial charge in [0.15, 0.2) is 0 Å². The maximum Gasteiger partial charge on any atom is 0.359 e. The van der Waals surface area contributed by atoms with Gasteiger partial charge in [0.2, 0.25) is 5.69 Å². The lowest BCUT2D eigenvalue weighted by atomic mass is 10.2. The van der Waals surface area contributed by atoms with Crippen molar-refractivity contribution in [1.82, 2.24) is 20.4 Å². The molecule has 3 aromatic rings. The Labute approximate surface area is 137 Å². The molecule has 3 rings (SSSR count). The number of pyridine rings is 1. The molecule has 7 nitrogen and oxygen atoms in total.